The largest absolute Gasteiger partial charge is 0.463 e. The Morgan fingerprint density at radius 1 is 1.52 bits per heavy atom. The lowest BCUT2D eigenvalue weighted by Crippen LogP contribution is -2.30. The van der Waals surface area contributed by atoms with Crippen LogP contribution in [0.5, 0.6) is 0 Å². The van der Waals surface area contributed by atoms with Gasteiger partial charge in [0.15, 0.2) is 0 Å². The van der Waals surface area contributed by atoms with E-state index in [1.807, 2.05) is 0 Å². The Morgan fingerprint density at radius 2 is 2.30 bits per heavy atom. The van der Waals surface area contributed by atoms with Gasteiger partial charge in [-0.1, -0.05) is 17.7 Å². The molecule has 23 heavy (non-hydrogen) atoms. The third-order valence-corrected chi connectivity index (χ3v) is 3.89. The van der Waals surface area contributed by atoms with Gasteiger partial charge in [0.25, 0.3) is 0 Å². The van der Waals surface area contributed by atoms with E-state index in [1.165, 1.54) is 23.1 Å². The Balaban J connectivity index is 2.23. The third-order valence-electron chi connectivity index (χ3n) is 3.56. The minimum atomic E-state index is -0.846. The van der Waals surface area contributed by atoms with Crippen molar-refractivity contribution >= 4 is 23.5 Å². The van der Waals surface area contributed by atoms with E-state index in [0.29, 0.717) is 11.6 Å². The lowest BCUT2D eigenvalue weighted by Gasteiger charge is -2.28. The molecule has 1 atom stereocenters. The van der Waals surface area contributed by atoms with E-state index in [0.717, 1.165) is 0 Å². The maximum absolute atomic E-state index is 14.4. The lowest BCUT2D eigenvalue weighted by molar-refractivity contribution is -0.139. The average molecular weight is 337 g/mol. The van der Waals surface area contributed by atoms with E-state index < -0.39 is 17.8 Å². The Labute approximate surface area is 136 Å². The molecule has 0 spiro atoms. The molecule has 0 amide bonds. The number of nitrogens with one attached hydrogen (secondary N) is 1. The van der Waals surface area contributed by atoms with Crippen molar-refractivity contribution < 1.29 is 13.9 Å². The van der Waals surface area contributed by atoms with Gasteiger partial charge in [-0.15, -0.1) is 0 Å². The fourth-order valence-electron chi connectivity index (χ4n) is 2.60. The van der Waals surface area contributed by atoms with Gasteiger partial charge >= 0.3 is 5.97 Å². The Kier molecular flexibility index (Phi) is 4.04. The fourth-order valence-corrected chi connectivity index (χ4v) is 2.87. The highest BCUT2D eigenvalue weighted by Crippen LogP contribution is 2.39. The summed E-state index contributed by atoms with van der Waals surface area (Å²) in [5.41, 5.74) is 0.926. The molecule has 0 bridgehead atoms. The van der Waals surface area contributed by atoms with E-state index in [2.05, 4.69) is 15.4 Å². The van der Waals surface area contributed by atoms with Crippen molar-refractivity contribution in [3.05, 3.63) is 52.2 Å². The highest BCUT2D eigenvalue weighted by atomic mass is 35.5. The van der Waals surface area contributed by atoms with Crippen LogP contribution >= 0.6 is 11.6 Å². The molecule has 0 saturated carbocycles. The van der Waals surface area contributed by atoms with Crippen LogP contribution in [0.25, 0.3) is 0 Å². The van der Waals surface area contributed by atoms with Crippen LogP contribution in [-0.2, 0) is 9.53 Å². The summed E-state index contributed by atoms with van der Waals surface area (Å²) in [5, 5.41) is 7.27. The number of ether oxygens (including phenoxy) is 1. The van der Waals surface area contributed by atoms with Crippen LogP contribution in [0, 0.1) is 5.82 Å². The molecular formula is C15H14ClFN4O2. The molecule has 1 aliphatic rings. The number of anilines is 1. The van der Waals surface area contributed by atoms with Gasteiger partial charge in [0.2, 0.25) is 5.95 Å². The third kappa shape index (κ3) is 2.57. The molecule has 0 unspecified atom stereocenters. The summed E-state index contributed by atoms with van der Waals surface area (Å²) in [7, 11) is 0. The van der Waals surface area contributed by atoms with Gasteiger partial charge < -0.3 is 10.1 Å². The standard InChI is InChI=1S/C15H14ClFN4O2/c1-3-23-14(22)11-8(2)20-15-18-7-19-21(15)13(11)12-9(16)5-4-6-10(12)17/h4-7,13H,3H2,1-2H3,(H,18,19,20)/t13-/m1/s1. The van der Waals surface area contributed by atoms with Gasteiger partial charge in [-0.25, -0.2) is 13.9 Å². The SMILES string of the molecule is CCOC(=O)C1=C(C)Nc2ncnn2[C@H]1c1c(F)cccc1Cl. The van der Waals surface area contributed by atoms with Crippen LogP contribution < -0.4 is 5.32 Å². The van der Waals surface area contributed by atoms with Crippen LogP contribution in [0.15, 0.2) is 35.8 Å². The second kappa shape index (κ2) is 6.00. The number of aromatic nitrogens is 3. The first kappa shape index (κ1) is 15.5. The molecule has 1 aromatic carbocycles. The molecule has 1 aromatic heterocycles. The monoisotopic (exact) mass is 336 g/mol. The summed E-state index contributed by atoms with van der Waals surface area (Å²) in [4.78, 5) is 16.5. The average Bonchev–Trinajstić information content (AvgIpc) is 2.94. The van der Waals surface area contributed by atoms with E-state index >= 15 is 0 Å². The molecule has 0 saturated heterocycles. The summed E-state index contributed by atoms with van der Waals surface area (Å²) >= 11 is 6.19. The number of carbonyl (C=O) groups is 1. The van der Waals surface area contributed by atoms with Crippen LogP contribution in [-0.4, -0.2) is 27.3 Å². The van der Waals surface area contributed by atoms with Crippen molar-refractivity contribution in [2.45, 2.75) is 19.9 Å². The van der Waals surface area contributed by atoms with E-state index in [-0.39, 0.29) is 22.8 Å². The fraction of sp³-hybridized carbons (Fsp3) is 0.267. The number of benzene rings is 1. The van der Waals surface area contributed by atoms with E-state index in [4.69, 9.17) is 16.3 Å². The minimum Gasteiger partial charge on any atom is -0.463 e. The summed E-state index contributed by atoms with van der Waals surface area (Å²) in [6, 6.07) is 3.52. The number of fused-ring (bicyclic) bond motifs is 1. The number of hydrogen-bond acceptors (Lipinski definition) is 5. The molecule has 6 nitrogen and oxygen atoms in total. The van der Waals surface area contributed by atoms with Crippen LogP contribution in [0.4, 0.5) is 10.3 Å². The number of allylic oxidation sites excluding steroid dienone is 1. The number of hydrogen-bond donors (Lipinski definition) is 1. The predicted molar refractivity (Wildman–Crippen MR) is 82.5 cm³/mol. The summed E-state index contributed by atoms with van der Waals surface area (Å²) in [6.07, 6.45) is 1.32. The van der Waals surface area contributed by atoms with Crippen LogP contribution in [0.1, 0.15) is 25.5 Å². The van der Waals surface area contributed by atoms with Crippen molar-refractivity contribution in [2.24, 2.45) is 0 Å². The normalized spacial score (nSPS) is 16.8. The van der Waals surface area contributed by atoms with Crippen molar-refractivity contribution in [3.63, 3.8) is 0 Å². The topological polar surface area (TPSA) is 69.0 Å². The van der Waals surface area contributed by atoms with Gasteiger partial charge in [-0.05, 0) is 26.0 Å². The first-order valence-electron chi connectivity index (χ1n) is 7.03. The number of nitrogens with zero attached hydrogens (tertiary/aromatic N) is 3. The Morgan fingerprint density at radius 3 is 3.00 bits per heavy atom. The predicted octanol–water partition coefficient (Wildman–Crippen LogP) is 2.92. The number of halogens is 2. The number of rotatable bonds is 3. The van der Waals surface area contributed by atoms with Gasteiger partial charge in [0, 0.05) is 16.3 Å². The molecule has 0 radical (unpaired) electrons. The van der Waals surface area contributed by atoms with E-state index in [1.54, 1.807) is 19.9 Å². The first-order chi connectivity index (χ1) is 11.0. The van der Waals surface area contributed by atoms with Crippen molar-refractivity contribution in [1.82, 2.24) is 14.8 Å². The summed E-state index contributed by atoms with van der Waals surface area (Å²) in [5.74, 6) is -0.678. The van der Waals surface area contributed by atoms with Gasteiger partial charge in [-0.3, -0.25) is 0 Å². The van der Waals surface area contributed by atoms with Crippen LogP contribution in [0.3, 0.4) is 0 Å². The van der Waals surface area contributed by atoms with Gasteiger partial charge in [0.1, 0.15) is 18.2 Å². The molecule has 8 heteroatoms. The maximum atomic E-state index is 14.4. The van der Waals surface area contributed by atoms with E-state index in [9.17, 15) is 9.18 Å². The lowest BCUT2D eigenvalue weighted by atomic mass is 9.95. The van der Waals surface area contributed by atoms with Crippen molar-refractivity contribution in [3.8, 4) is 0 Å². The summed E-state index contributed by atoms with van der Waals surface area (Å²) in [6.45, 7) is 3.61. The van der Waals surface area contributed by atoms with Crippen molar-refractivity contribution in [1.29, 1.82) is 0 Å². The maximum Gasteiger partial charge on any atom is 0.338 e. The number of esters is 1. The molecule has 2 aromatic rings. The first-order valence-corrected chi connectivity index (χ1v) is 7.40. The minimum absolute atomic E-state index is 0.157. The van der Waals surface area contributed by atoms with Crippen molar-refractivity contribution in [2.75, 3.05) is 11.9 Å². The molecule has 1 N–H and O–H groups in total. The molecule has 3 rings (SSSR count). The van der Waals surface area contributed by atoms with Gasteiger partial charge in [-0.2, -0.15) is 10.1 Å². The Hall–Kier alpha value is -2.41. The smallest absolute Gasteiger partial charge is 0.338 e. The Bertz CT molecular complexity index is 782. The molecule has 1 aliphatic heterocycles. The van der Waals surface area contributed by atoms with Crippen LogP contribution in [0.2, 0.25) is 5.02 Å². The van der Waals surface area contributed by atoms with Gasteiger partial charge in [0.05, 0.1) is 12.2 Å². The molecule has 2 heterocycles. The highest BCUT2D eigenvalue weighted by molar-refractivity contribution is 6.31. The second-order valence-electron chi connectivity index (χ2n) is 4.95. The summed E-state index contributed by atoms with van der Waals surface area (Å²) < 4.78 is 21.0. The zero-order chi connectivity index (χ0) is 16.6. The molecule has 0 fully saturated rings. The quantitative estimate of drug-likeness (QED) is 0.873. The second-order valence-corrected chi connectivity index (χ2v) is 5.36. The highest BCUT2D eigenvalue weighted by Gasteiger charge is 2.36. The zero-order valence-electron chi connectivity index (χ0n) is 12.5. The molecule has 120 valence electrons. The number of carbonyl (C=O) groups excluding carboxylic acids is 1. The molecular weight excluding hydrogens is 323 g/mol. The molecule has 0 aliphatic carbocycles. The zero-order valence-corrected chi connectivity index (χ0v) is 13.3.